The molecule has 1 aromatic rings. The van der Waals surface area contributed by atoms with E-state index in [9.17, 15) is 0 Å². The third-order valence-electron chi connectivity index (χ3n) is 4.22. The zero-order valence-corrected chi connectivity index (χ0v) is 15.9. The molecule has 0 amide bonds. The maximum absolute atomic E-state index is 4.88. The summed E-state index contributed by atoms with van der Waals surface area (Å²) in [4.78, 5) is 11.2. The summed E-state index contributed by atoms with van der Waals surface area (Å²) in [7, 11) is 0. The van der Waals surface area contributed by atoms with Gasteiger partial charge in [-0.15, -0.1) is 11.3 Å². The lowest BCUT2D eigenvalue weighted by atomic mass is 10.1. The first-order valence-corrected chi connectivity index (χ1v) is 9.76. The van der Waals surface area contributed by atoms with Crippen LogP contribution in [0.5, 0.6) is 0 Å². The lowest BCUT2D eigenvalue weighted by Gasteiger charge is -2.35. The van der Waals surface area contributed by atoms with Gasteiger partial charge in [0.1, 0.15) is 5.84 Å². The molecular weight excluding hydrogens is 304 g/mol. The summed E-state index contributed by atoms with van der Waals surface area (Å²) in [6.45, 7) is 16.9. The molecule has 1 aliphatic heterocycles. The van der Waals surface area contributed by atoms with Crippen molar-refractivity contribution >= 4 is 17.2 Å². The van der Waals surface area contributed by atoms with Crippen molar-refractivity contribution in [1.29, 1.82) is 0 Å². The minimum absolute atomic E-state index is 0.410. The Morgan fingerprint density at radius 1 is 1.22 bits per heavy atom. The van der Waals surface area contributed by atoms with Gasteiger partial charge in [0.15, 0.2) is 0 Å². The van der Waals surface area contributed by atoms with Gasteiger partial charge in [-0.3, -0.25) is 4.99 Å². The van der Waals surface area contributed by atoms with Crippen LogP contribution < -0.4 is 5.32 Å². The first-order valence-electron chi connectivity index (χ1n) is 8.88. The minimum atomic E-state index is 0.410. The van der Waals surface area contributed by atoms with Gasteiger partial charge in [-0.05, 0) is 37.8 Å². The van der Waals surface area contributed by atoms with Crippen LogP contribution in [0.1, 0.15) is 32.6 Å². The predicted octanol–water partition coefficient (Wildman–Crippen LogP) is 2.77. The summed E-state index contributed by atoms with van der Waals surface area (Å²) in [6.07, 6.45) is 0. The molecular formula is C18H32N4S. The van der Waals surface area contributed by atoms with Gasteiger partial charge in [0, 0.05) is 45.3 Å². The van der Waals surface area contributed by atoms with Crippen LogP contribution in [0.3, 0.4) is 0 Å². The van der Waals surface area contributed by atoms with Crippen molar-refractivity contribution in [2.45, 2.75) is 33.7 Å². The Kier molecular flexibility index (Phi) is 7.53. The van der Waals surface area contributed by atoms with E-state index >= 15 is 0 Å². The Hall–Kier alpha value is -0.910. The van der Waals surface area contributed by atoms with Gasteiger partial charge in [-0.2, -0.15) is 0 Å². The molecule has 0 spiro atoms. The zero-order chi connectivity index (χ0) is 16.7. The van der Waals surface area contributed by atoms with E-state index in [-0.39, 0.29) is 0 Å². The smallest absolute Gasteiger partial charge is 0.138 e. The summed E-state index contributed by atoms with van der Waals surface area (Å²) in [5, 5.41) is 5.61. The number of piperazine rings is 1. The Balaban J connectivity index is 1.84. The van der Waals surface area contributed by atoms with Crippen molar-refractivity contribution in [1.82, 2.24) is 15.1 Å². The minimum Gasteiger partial charge on any atom is -0.367 e. The molecule has 5 heteroatoms. The molecule has 1 saturated heterocycles. The van der Waals surface area contributed by atoms with E-state index in [2.05, 4.69) is 60.3 Å². The van der Waals surface area contributed by atoms with Crippen LogP contribution >= 0.6 is 11.3 Å². The quantitative estimate of drug-likeness (QED) is 0.613. The van der Waals surface area contributed by atoms with Crippen LogP contribution in [0, 0.1) is 5.92 Å². The maximum atomic E-state index is 4.88. The fraction of sp³-hybridized carbons (Fsp3) is 0.722. The van der Waals surface area contributed by atoms with Crippen molar-refractivity contribution in [3.8, 4) is 0 Å². The summed E-state index contributed by atoms with van der Waals surface area (Å²) >= 11 is 1.75. The van der Waals surface area contributed by atoms with Crippen LogP contribution in [0.15, 0.2) is 22.5 Å². The van der Waals surface area contributed by atoms with Crippen molar-refractivity contribution < 1.29 is 0 Å². The molecule has 23 heavy (non-hydrogen) atoms. The molecule has 1 unspecified atom stereocenters. The molecule has 0 bridgehead atoms. The number of likely N-dealkylation sites (N-methyl/N-ethyl adjacent to an activating group) is 1. The van der Waals surface area contributed by atoms with Crippen LogP contribution in [0.4, 0.5) is 0 Å². The zero-order valence-electron chi connectivity index (χ0n) is 15.1. The van der Waals surface area contributed by atoms with Gasteiger partial charge in [0.2, 0.25) is 0 Å². The SMILES string of the molecule is CCN1CCN(CC(C)CN=C(NC(C)C)c2cccs2)CC1. The summed E-state index contributed by atoms with van der Waals surface area (Å²) in [5.41, 5.74) is 0. The van der Waals surface area contributed by atoms with Crippen LogP contribution in [-0.2, 0) is 0 Å². The normalized spacial score (nSPS) is 19.3. The predicted molar refractivity (Wildman–Crippen MR) is 102 cm³/mol. The summed E-state index contributed by atoms with van der Waals surface area (Å²) in [6, 6.07) is 4.65. The van der Waals surface area contributed by atoms with Crippen LogP contribution in [0.25, 0.3) is 0 Å². The maximum Gasteiger partial charge on any atom is 0.138 e. The molecule has 1 aromatic heterocycles. The molecule has 1 atom stereocenters. The molecule has 1 fully saturated rings. The largest absolute Gasteiger partial charge is 0.367 e. The first-order chi connectivity index (χ1) is 11.1. The van der Waals surface area contributed by atoms with Crippen LogP contribution in [-0.4, -0.2) is 67.5 Å². The van der Waals surface area contributed by atoms with Crippen molar-refractivity contribution in [2.75, 3.05) is 45.8 Å². The number of hydrogen-bond acceptors (Lipinski definition) is 4. The average molecular weight is 337 g/mol. The van der Waals surface area contributed by atoms with Gasteiger partial charge in [-0.25, -0.2) is 0 Å². The number of nitrogens with zero attached hydrogens (tertiary/aromatic N) is 3. The fourth-order valence-corrected chi connectivity index (χ4v) is 3.61. The number of amidine groups is 1. The van der Waals surface area contributed by atoms with Gasteiger partial charge in [0.25, 0.3) is 0 Å². The van der Waals surface area contributed by atoms with Crippen molar-refractivity contribution in [3.63, 3.8) is 0 Å². The van der Waals surface area contributed by atoms with Gasteiger partial charge in [-0.1, -0.05) is 19.9 Å². The topological polar surface area (TPSA) is 30.9 Å². The molecule has 2 heterocycles. The van der Waals surface area contributed by atoms with E-state index in [1.54, 1.807) is 11.3 Å². The molecule has 0 saturated carbocycles. The van der Waals surface area contributed by atoms with Crippen molar-refractivity contribution in [2.24, 2.45) is 10.9 Å². The second-order valence-electron chi connectivity index (χ2n) is 6.81. The number of aliphatic imine (C=N–C) groups is 1. The molecule has 130 valence electrons. The summed E-state index contributed by atoms with van der Waals surface area (Å²) in [5.74, 6) is 1.64. The van der Waals surface area contributed by atoms with Gasteiger partial charge in [0.05, 0.1) is 4.88 Å². The van der Waals surface area contributed by atoms with E-state index in [4.69, 9.17) is 4.99 Å². The molecule has 0 radical (unpaired) electrons. The third kappa shape index (κ3) is 6.24. The highest BCUT2D eigenvalue weighted by molar-refractivity contribution is 7.12. The summed E-state index contributed by atoms with van der Waals surface area (Å²) < 4.78 is 0. The highest BCUT2D eigenvalue weighted by Crippen LogP contribution is 2.11. The second kappa shape index (κ2) is 9.40. The second-order valence-corrected chi connectivity index (χ2v) is 7.75. The monoisotopic (exact) mass is 336 g/mol. The van der Waals surface area contributed by atoms with E-state index < -0.39 is 0 Å². The third-order valence-corrected chi connectivity index (χ3v) is 5.10. The number of thiophene rings is 1. The Morgan fingerprint density at radius 3 is 2.48 bits per heavy atom. The van der Waals surface area contributed by atoms with Crippen LogP contribution in [0.2, 0.25) is 0 Å². The van der Waals surface area contributed by atoms with E-state index in [0.717, 1.165) is 18.9 Å². The fourth-order valence-electron chi connectivity index (χ4n) is 2.92. The lowest BCUT2D eigenvalue weighted by Crippen LogP contribution is -2.47. The number of nitrogens with one attached hydrogen (secondary N) is 1. The van der Waals surface area contributed by atoms with Crippen molar-refractivity contribution in [3.05, 3.63) is 22.4 Å². The Labute approximate surface area is 145 Å². The van der Waals surface area contributed by atoms with E-state index in [1.165, 1.54) is 37.6 Å². The number of rotatable bonds is 7. The molecule has 4 nitrogen and oxygen atoms in total. The average Bonchev–Trinajstić information content (AvgIpc) is 3.06. The highest BCUT2D eigenvalue weighted by Gasteiger charge is 2.17. The number of hydrogen-bond donors (Lipinski definition) is 1. The highest BCUT2D eigenvalue weighted by atomic mass is 32.1. The van der Waals surface area contributed by atoms with Gasteiger partial charge >= 0.3 is 0 Å². The molecule has 1 aliphatic rings. The Bertz CT molecular complexity index is 461. The molecule has 0 aromatic carbocycles. The Morgan fingerprint density at radius 2 is 1.91 bits per heavy atom. The first kappa shape index (κ1) is 18.4. The van der Waals surface area contributed by atoms with Gasteiger partial charge < -0.3 is 15.1 Å². The molecule has 2 rings (SSSR count). The standard InChI is InChI=1S/C18H32N4S/c1-5-21-8-10-22(11-9-21)14-16(4)13-19-18(20-15(2)3)17-7-6-12-23-17/h6-7,12,15-16H,5,8-11,13-14H2,1-4H3,(H,19,20). The lowest BCUT2D eigenvalue weighted by molar-refractivity contribution is 0.125. The van der Waals surface area contributed by atoms with E-state index in [1.807, 2.05) is 0 Å². The molecule has 1 N–H and O–H groups in total. The molecule has 0 aliphatic carbocycles. The van der Waals surface area contributed by atoms with E-state index in [0.29, 0.717) is 12.0 Å².